The van der Waals surface area contributed by atoms with Gasteiger partial charge in [-0.25, -0.2) is 4.98 Å². The number of carbonyl (C=O) groups is 1. The number of halogens is 2. The van der Waals surface area contributed by atoms with Crippen LogP contribution in [0.1, 0.15) is 31.2 Å². The van der Waals surface area contributed by atoms with Crippen molar-refractivity contribution in [3.05, 3.63) is 23.9 Å². The molecule has 2 saturated heterocycles. The Kier molecular flexibility index (Phi) is 8.22. The minimum Gasteiger partial charge on any atom is -0.381 e. The first-order chi connectivity index (χ1) is 10.7. The van der Waals surface area contributed by atoms with Crippen molar-refractivity contribution in [2.75, 3.05) is 31.2 Å². The van der Waals surface area contributed by atoms with Crippen LogP contribution in [0.5, 0.6) is 0 Å². The summed E-state index contributed by atoms with van der Waals surface area (Å²) in [5, 5.41) is 2.96. The second kappa shape index (κ2) is 9.42. The number of ether oxygens (including phenoxy) is 1. The van der Waals surface area contributed by atoms with Crippen LogP contribution in [0.15, 0.2) is 18.3 Å². The number of nitrogens with zero attached hydrogens (tertiary/aromatic N) is 2. The van der Waals surface area contributed by atoms with E-state index in [9.17, 15) is 4.79 Å². The van der Waals surface area contributed by atoms with Gasteiger partial charge >= 0.3 is 0 Å². The van der Waals surface area contributed by atoms with Gasteiger partial charge < -0.3 is 20.7 Å². The summed E-state index contributed by atoms with van der Waals surface area (Å²) in [7, 11) is 0. The summed E-state index contributed by atoms with van der Waals surface area (Å²) >= 11 is 0. The first-order valence-electron chi connectivity index (χ1n) is 8.02. The highest BCUT2D eigenvalue weighted by atomic mass is 35.5. The molecule has 0 bridgehead atoms. The van der Waals surface area contributed by atoms with Crippen molar-refractivity contribution < 1.29 is 9.53 Å². The minimum atomic E-state index is -0.789. The number of nitrogens with two attached hydrogens (primary N) is 1. The molecule has 2 aliphatic rings. The number of hydrogen-bond donors (Lipinski definition) is 2. The molecule has 0 radical (unpaired) electrons. The lowest BCUT2D eigenvalue weighted by Crippen LogP contribution is -2.56. The summed E-state index contributed by atoms with van der Waals surface area (Å²) in [6, 6.07) is 3.99. The van der Waals surface area contributed by atoms with Crippen molar-refractivity contribution >= 4 is 36.5 Å². The predicted molar refractivity (Wildman–Crippen MR) is 99.0 cm³/mol. The van der Waals surface area contributed by atoms with Crippen LogP contribution < -0.4 is 16.0 Å². The van der Waals surface area contributed by atoms with E-state index in [0.29, 0.717) is 32.6 Å². The second-order valence-electron chi connectivity index (χ2n) is 6.17. The molecule has 0 unspecified atom stereocenters. The zero-order chi connectivity index (χ0) is 15.4. The van der Waals surface area contributed by atoms with E-state index in [0.717, 1.165) is 24.5 Å². The Morgan fingerprint density at radius 3 is 2.62 bits per heavy atom. The van der Waals surface area contributed by atoms with Gasteiger partial charge in [0.2, 0.25) is 5.91 Å². The molecule has 1 amide bonds. The molecule has 3 N–H and O–H groups in total. The van der Waals surface area contributed by atoms with E-state index in [1.54, 1.807) is 0 Å². The van der Waals surface area contributed by atoms with Crippen LogP contribution in [0.2, 0.25) is 0 Å². The SMILES string of the molecule is Cl.Cl.NC1(C(=O)NCc2ccnc(N3CCCC3)c2)CCOCC1. The number of pyridine rings is 1. The number of carbonyl (C=O) groups excluding carboxylic acids is 1. The minimum absolute atomic E-state index is 0. The van der Waals surface area contributed by atoms with Crippen molar-refractivity contribution in [3.8, 4) is 0 Å². The molecule has 1 aromatic rings. The molecular formula is C16H26Cl2N4O2. The molecule has 2 fully saturated rings. The molecule has 3 rings (SSSR count). The van der Waals surface area contributed by atoms with E-state index in [1.807, 2.05) is 12.3 Å². The number of aromatic nitrogens is 1. The van der Waals surface area contributed by atoms with Gasteiger partial charge in [-0.1, -0.05) is 0 Å². The van der Waals surface area contributed by atoms with Crippen LogP contribution in [0.25, 0.3) is 0 Å². The summed E-state index contributed by atoms with van der Waals surface area (Å²) in [5.41, 5.74) is 6.45. The Morgan fingerprint density at radius 2 is 1.96 bits per heavy atom. The van der Waals surface area contributed by atoms with Crippen LogP contribution >= 0.6 is 24.8 Å². The Morgan fingerprint density at radius 1 is 1.29 bits per heavy atom. The lowest BCUT2D eigenvalue weighted by molar-refractivity contribution is -0.129. The van der Waals surface area contributed by atoms with E-state index in [-0.39, 0.29) is 30.7 Å². The Bertz CT molecular complexity index is 533. The number of amides is 1. The molecule has 0 aromatic carbocycles. The zero-order valence-corrected chi connectivity index (χ0v) is 15.3. The van der Waals surface area contributed by atoms with E-state index in [2.05, 4.69) is 21.3 Å². The fourth-order valence-corrected chi connectivity index (χ4v) is 3.01. The quantitative estimate of drug-likeness (QED) is 0.834. The van der Waals surface area contributed by atoms with E-state index in [1.165, 1.54) is 12.8 Å². The van der Waals surface area contributed by atoms with Gasteiger partial charge in [0.15, 0.2) is 0 Å². The van der Waals surface area contributed by atoms with Crippen LogP contribution in [-0.2, 0) is 16.1 Å². The molecule has 3 heterocycles. The highest BCUT2D eigenvalue weighted by molar-refractivity contribution is 5.86. The standard InChI is InChI=1S/C16H24N4O2.2ClH/c17-16(4-9-22-10-5-16)15(21)19-12-13-3-6-18-14(11-13)20-7-1-2-8-20;;/h3,6,11H,1-2,4-5,7-10,12,17H2,(H,19,21);2*1H. The Labute approximate surface area is 155 Å². The van der Waals surface area contributed by atoms with Gasteiger partial charge in [0.25, 0.3) is 0 Å². The molecule has 0 aliphatic carbocycles. The normalized spacial score (nSPS) is 19.1. The van der Waals surface area contributed by atoms with Gasteiger partial charge in [0.05, 0.1) is 5.54 Å². The summed E-state index contributed by atoms with van der Waals surface area (Å²) in [6.07, 6.45) is 5.41. The molecule has 0 saturated carbocycles. The van der Waals surface area contributed by atoms with Crippen molar-refractivity contribution in [1.82, 2.24) is 10.3 Å². The number of hydrogen-bond acceptors (Lipinski definition) is 5. The zero-order valence-electron chi connectivity index (χ0n) is 13.7. The fraction of sp³-hybridized carbons (Fsp3) is 0.625. The second-order valence-corrected chi connectivity index (χ2v) is 6.17. The van der Waals surface area contributed by atoms with Crippen LogP contribution in [0.4, 0.5) is 5.82 Å². The third kappa shape index (κ3) is 4.96. The summed E-state index contributed by atoms with van der Waals surface area (Å²) in [5.74, 6) is 0.910. The number of anilines is 1. The number of rotatable bonds is 4. The first-order valence-corrected chi connectivity index (χ1v) is 8.02. The smallest absolute Gasteiger partial charge is 0.240 e. The van der Waals surface area contributed by atoms with Gasteiger partial charge in [-0.15, -0.1) is 24.8 Å². The Hall–Kier alpha value is -1.08. The monoisotopic (exact) mass is 376 g/mol. The van der Waals surface area contributed by atoms with Gasteiger partial charge in [-0.05, 0) is 43.4 Å². The molecule has 8 heteroatoms. The van der Waals surface area contributed by atoms with E-state index in [4.69, 9.17) is 10.5 Å². The highest BCUT2D eigenvalue weighted by Crippen LogP contribution is 2.20. The Balaban J connectivity index is 0.00000144. The van der Waals surface area contributed by atoms with Gasteiger partial charge in [-0.2, -0.15) is 0 Å². The van der Waals surface area contributed by atoms with Crippen molar-refractivity contribution in [2.45, 2.75) is 37.8 Å². The molecule has 2 aliphatic heterocycles. The van der Waals surface area contributed by atoms with Crippen molar-refractivity contribution in [2.24, 2.45) is 5.73 Å². The maximum Gasteiger partial charge on any atom is 0.240 e. The maximum absolute atomic E-state index is 12.3. The van der Waals surface area contributed by atoms with E-state index < -0.39 is 5.54 Å². The van der Waals surface area contributed by atoms with Crippen LogP contribution in [0.3, 0.4) is 0 Å². The first kappa shape index (κ1) is 21.0. The van der Waals surface area contributed by atoms with Gasteiger partial charge in [0, 0.05) is 39.0 Å². The average Bonchev–Trinajstić information content (AvgIpc) is 3.08. The predicted octanol–water partition coefficient (Wildman–Crippen LogP) is 1.65. The lowest BCUT2D eigenvalue weighted by Gasteiger charge is -2.31. The summed E-state index contributed by atoms with van der Waals surface area (Å²) in [4.78, 5) is 19.0. The molecule has 136 valence electrons. The van der Waals surface area contributed by atoms with Gasteiger partial charge in [0.1, 0.15) is 5.82 Å². The average molecular weight is 377 g/mol. The molecule has 24 heavy (non-hydrogen) atoms. The third-order valence-electron chi connectivity index (χ3n) is 4.53. The van der Waals surface area contributed by atoms with Crippen LogP contribution in [0, 0.1) is 0 Å². The molecule has 6 nitrogen and oxygen atoms in total. The summed E-state index contributed by atoms with van der Waals surface area (Å²) in [6.45, 7) is 3.72. The van der Waals surface area contributed by atoms with Crippen molar-refractivity contribution in [1.29, 1.82) is 0 Å². The summed E-state index contributed by atoms with van der Waals surface area (Å²) < 4.78 is 5.28. The molecular weight excluding hydrogens is 351 g/mol. The fourth-order valence-electron chi connectivity index (χ4n) is 3.01. The molecule has 0 atom stereocenters. The third-order valence-corrected chi connectivity index (χ3v) is 4.53. The van der Waals surface area contributed by atoms with E-state index >= 15 is 0 Å². The highest BCUT2D eigenvalue weighted by Gasteiger charge is 2.35. The lowest BCUT2D eigenvalue weighted by atomic mass is 9.90. The molecule has 0 spiro atoms. The molecule has 1 aromatic heterocycles. The maximum atomic E-state index is 12.3. The van der Waals surface area contributed by atoms with Crippen LogP contribution in [-0.4, -0.2) is 42.7 Å². The number of nitrogens with one attached hydrogen (secondary N) is 1. The van der Waals surface area contributed by atoms with Gasteiger partial charge in [-0.3, -0.25) is 4.79 Å². The van der Waals surface area contributed by atoms with Crippen molar-refractivity contribution in [3.63, 3.8) is 0 Å². The largest absolute Gasteiger partial charge is 0.381 e. The topological polar surface area (TPSA) is 80.5 Å².